The van der Waals surface area contributed by atoms with Gasteiger partial charge in [0.25, 0.3) is 0 Å². The number of esters is 1. The maximum atomic E-state index is 12.4. The molecule has 0 aliphatic heterocycles. The molecule has 0 unspecified atom stereocenters. The number of carbonyl (C=O) groups is 2. The molecule has 3 rings (SSSR count). The van der Waals surface area contributed by atoms with E-state index in [0.717, 1.165) is 16.3 Å². The van der Waals surface area contributed by atoms with E-state index in [1.165, 1.54) is 28.0 Å². The molecule has 28 heavy (non-hydrogen) atoms. The van der Waals surface area contributed by atoms with E-state index in [9.17, 15) is 9.59 Å². The zero-order valence-electron chi connectivity index (χ0n) is 15.7. The van der Waals surface area contributed by atoms with Crippen molar-refractivity contribution in [3.05, 3.63) is 44.2 Å². The molecule has 3 aromatic heterocycles. The lowest BCUT2D eigenvalue weighted by Crippen LogP contribution is -2.16. The quantitative estimate of drug-likeness (QED) is 0.409. The summed E-state index contributed by atoms with van der Waals surface area (Å²) in [5.41, 5.74) is 1.26. The van der Waals surface area contributed by atoms with E-state index in [-0.39, 0.29) is 18.3 Å². The van der Waals surface area contributed by atoms with Gasteiger partial charge in [-0.15, -0.1) is 27.8 Å². The number of thiophene rings is 2. The monoisotopic (exact) mass is 436 g/mol. The van der Waals surface area contributed by atoms with Crippen molar-refractivity contribution in [2.75, 3.05) is 17.7 Å². The van der Waals surface area contributed by atoms with Gasteiger partial charge in [-0.1, -0.05) is 17.8 Å². The molecule has 0 spiro atoms. The lowest BCUT2D eigenvalue weighted by Gasteiger charge is -2.06. The fraction of sp³-hybridized carbons (Fsp3) is 0.333. The van der Waals surface area contributed by atoms with Crippen molar-refractivity contribution < 1.29 is 14.3 Å². The van der Waals surface area contributed by atoms with Gasteiger partial charge in [0.05, 0.1) is 17.9 Å². The predicted octanol–water partition coefficient (Wildman–Crippen LogP) is 4.04. The van der Waals surface area contributed by atoms with Gasteiger partial charge in [-0.25, -0.2) is 9.78 Å². The highest BCUT2D eigenvalue weighted by Crippen LogP contribution is 2.33. The molecule has 148 valence electrons. The van der Waals surface area contributed by atoms with Crippen LogP contribution in [0.5, 0.6) is 0 Å². The number of rotatable bonds is 8. The van der Waals surface area contributed by atoms with Crippen molar-refractivity contribution >= 4 is 51.3 Å². The Morgan fingerprint density at radius 3 is 2.89 bits per heavy atom. The Morgan fingerprint density at radius 2 is 2.18 bits per heavy atom. The molecule has 0 aliphatic rings. The smallest absolute Gasteiger partial charge is 0.341 e. The summed E-state index contributed by atoms with van der Waals surface area (Å²) in [6, 6.07) is 4.04. The maximum Gasteiger partial charge on any atom is 0.341 e. The summed E-state index contributed by atoms with van der Waals surface area (Å²) in [6.07, 6.45) is 0.689. The summed E-state index contributed by atoms with van der Waals surface area (Å²) in [4.78, 5) is 31.1. The molecular weight excluding hydrogens is 416 g/mol. The number of H-pyrrole nitrogens is 1. The van der Waals surface area contributed by atoms with Crippen LogP contribution in [-0.2, 0) is 16.0 Å². The largest absolute Gasteiger partial charge is 0.462 e. The fourth-order valence-electron chi connectivity index (χ4n) is 2.46. The summed E-state index contributed by atoms with van der Waals surface area (Å²) in [6.45, 7) is 5.81. The average Bonchev–Trinajstić information content (AvgIpc) is 3.37. The second kappa shape index (κ2) is 9.35. The van der Waals surface area contributed by atoms with E-state index in [2.05, 4.69) is 20.5 Å². The number of hydrogen-bond donors (Lipinski definition) is 2. The van der Waals surface area contributed by atoms with Gasteiger partial charge in [0, 0.05) is 16.2 Å². The Morgan fingerprint density at radius 1 is 1.36 bits per heavy atom. The summed E-state index contributed by atoms with van der Waals surface area (Å²) >= 11 is 4.28. The van der Waals surface area contributed by atoms with E-state index >= 15 is 0 Å². The van der Waals surface area contributed by atoms with Crippen LogP contribution in [0.1, 0.15) is 38.4 Å². The van der Waals surface area contributed by atoms with Gasteiger partial charge in [-0.05, 0) is 37.8 Å². The standard InChI is InChI=1S/C18H20N4O3S3/c1-4-25-17(24)15-10(2)11(3)28-16(15)20-14(23)9-27-18-19-13(21-22-18)8-12-6-5-7-26-12/h5-7H,4,8-9H2,1-3H3,(H,20,23)(H,19,21,22). The highest BCUT2D eigenvalue weighted by atomic mass is 32.2. The number of nitrogens with one attached hydrogen (secondary N) is 2. The number of hydrogen-bond acceptors (Lipinski definition) is 8. The van der Waals surface area contributed by atoms with Crippen LogP contribution in [0.25, 0.3) is 0 Å². The number of amides is 1. The SMILES string of the molecule is CCOC(=O)c1c(NC(=O)CSc2n[nH]c(Cc3cccs3)n2)sc(C)c1C. The Balaban J connectivity index is 1.58. The number of aromatic amines is 1. The Hall–Kier alpha value is -2.17. The predicted molar refractivity (Wildman–Crippen MR) is 113 cm³/mol. The molecule has 0 aromatic carbocycles. The topological polar surface area (TPSA) is 97.0 Å². The summed E-state index contributed by atoms with van der Waals surface area (Å²) in [7, 11) is 0. The molecule has 0 saturated carbocycles. The van der Waals surface area contributed by atoms with Crippen LogP contribution in [0.15, 0.2) is 22.7 Å². The molecule has 0 fully saturated rings. The molecule has 1 amide bonds. The van der Waals surface area contributed by atoms with E-state index in [0.29, 0.717) is 22.1 Å². The number of ether oxygens (including phenoxy) is 1. The summed E-state index contributed by atoms with van der Waals surface area (Å²) < 4.78 is 5.11. The number of carbonyl (C=O) groups excluding carboxylic acids is 2. The van der Waals surface area contributed by atoms with Crippen molar-refractivity contribution in [3.63, 3.8) is 0 Å². The third-order valence-corrected chi connectivity index (χ3v) is 6.73. The van der Waals surface area contributed by atoms with Crippen molar-refractivity contribution in [1.29, 1.82) is 0 Å². The first kappa shape index (κ1) is 20.6. The zero-order chi connectivity index (χ0) is 20.1. The van der Waals surface area contributed by atoms with Gasteiger partial charge in [0.1, 0.15) is 10.8 Å². The molecule has 10 heteroatoms. The van der Waals surface area contributed by atoms with Crippen LogP contribution in [-0.4, -0.2) is 39.4 Å². The molecule has 0 radical (unpaired) electrons. The van der Waals surface area contributed by atoms with Crippen LogP contribution in [0.3, 0.4) is 0 Å². The van der Waals surface area contributed by atoms with Crippen LogP contribution in [0.2, 0.25) is 0 Å². The third-order valence-electron chi connectivity index (χ3n) is 3.88. The van der Waals surface area contributed by atoms with Crippen LogP contribution in [0, 0.1) is 13.8 Å². The minimum absolute atomic E-state index is 0.147. The first-order chi connectivity index (χ1) is 13.5. The van der Waals surface area contributed by atoms with Crippen LogP contribution in [0.4, 0.5) is 5.00 Å². The summed E-state index contributed by atoms with van der Waals surface area (Å²) in [5.74, 6) is 0.273. The molecule has 0 aliphatic carbocycles. The number of aryl methyl sites for hydroxylation is 1. The van der Waals surface area contributed by atoms with Crippen LogP contribution < -0.4 is 5.32 Å². The number of thioether (sulfide) groups is 1. The number of nitrogens with zero attached hydrogens (tertiary/aromatic N) is 2. The molecule has 7 nitrogen and oxygen atoms in total. The number of aromatic nitrogens is 3. The molecule has 3 heterocycles. The minimum Gasteiger partial charge on any atom is -0.462 e. The van der Waals surface area contributed by atoms with Gasteiger partial charge >= 0.3 is 5.97 Å². The van der Waals surface area contributed by atoms with E-state index < -0.39 is 5.97 Å². The summed E-state index contributed by atoms with van der Waals surface area (Å²) in [5, 5.41) is 12.9. The molecule has 2 N–H and O–H groups in total. The second-order valence-electron chi connectivity index (χ2n) is 5.87. The van der Waals surface area contributed by atoms with Gasteiger partial charge in [0.15, 0.2) is 0 Å². The van der Waals surface area contributed by atoms with E-state index in [1.807, 2.05) is 31.4 Å². The number of anilines is 1. The molecule has 3 aromatic rings. The van der Waals surface area contributed by atoms with E-state index in [4.69, 9.17) is 4.74 Å². The first-order valence-electron chi connectivity index (χ1n) is 8.61. The van der Waals surface area contributed by atoms with Gasteiger partial charge < -0.3 is 10.1 Å². The zero-order valence-corrected chi connectivity index (χ0v) is 18.1. The molecule has 0 bridgehead atoms. The van der Waals surface area contributed by atoms with Crippen LogP contribution >= 0.6 is 34.4 Å². The van der Waals surface area contributed by atoms with Gasteiger partial charge in [0.2, 0.25) is 11.1 Å². The minimum atomic E-state index is -0.417. The Labute approximate surface area is 174 Å². The van der Waals surface area contributed by atoms with E-state index in [1.54, 1.807) is 18.3 Å². The lowest BCUT2D eigenvalue weighted by atomic mass is 10.1. The molecule has 0 saturated heterocycles. The fourth-order valence-corrected chi connectivity index (χ4v) is 4.85. The Bertz CT molecular complexity index is 963. The van der Waals surface area contributed by atoms with Gasteiger partial charge in [-0.3, -0.25) is 9.89 Å². The van der Waals surface area contributed by atoms with Crippen molar-refractivity contribution in [2.24, 2.45) is 0 Å². The van der Waals surface area contributed by atoms with Crippen molar-refractivity contribution in [3.8, 4) is 0 Å². The normalized spacial score (nSPS) is 10.8. The Kier molecular flexibility index (Phi) is 6.87. The highest BCUT2D eigenvalue weighted by molar-refractivity contribution is 7.99. The molecule has 0 atom stereocenters. The highest BCUT2D eigenvalue weighted by Gasteiger charge is 2.22. The molecular formula is C18H20N4O3S3. The second-order valence-corrected chi connectivity index (χ2v) is 9.07. The van der Waals surface area contributed by atoms with Crippen molar-refractivity contribution in [2.45, 2.75) is 32.3 Å². The average molecular weight is 437 g/mol. The first-order valence-corrected chi connectivity index (χ1v) is 11.3. The van der Waals surface area contributed by atoms with Crippen molar-refractivity contribution in [1.82, 2.24) is 15.2 Å². The van der Waals surface area contributed by atoms with Gasteiger partial charge in [-0.2, -0.15) is 0 Å². The third kappa shape index (κ3) is 5.00. The lowest BCUT2D eigenvalue weighted by molar-refractivity contribution is -0.113. The maximum absolute atomic E-state index is 12.4.